The molecule has 0 bridgehead atoms. The summed E-state index contributed by atoms with van der Waals surface area (Å²) in [4.78, 5) is 29.4. The number of hydrogen-bond acceptors (Lipinski definition) is 3. The highest BCUT2D eigenvalue weighted by molar-refractivity contribution is 6.31. The molecule has 0 spiro atoms. The van der Waals surface area contributed by atoms with Gasteiger partial charge in [-0.05, 0) is 31.7 Å². The molecule has 164 valence electrons. The van der Waals surface area contributed by atoms with Gasteiger partial charge in [-0.25, -0.2) is 4.79 Å². The normalized spacial score (nSPS) is 24.0. The van der Waals surface area contributed by atoms with Crippen molar-refractivity contribution in [2.24, 2.45) is 5.92 Å². The van der Waals surface area contributed by atoms with Crippen molar-refractivity contribution in [1.82, 2.24) is 15.1 Å². The Morgan fingerprint density at radius 2 is 1.70 bits per heavy atom. The van der Waals surface area contributed by atoms with E-state index in [1.807, 2.05) is 34.1 Å². The number of likely N-dealkylation sites (tertiary alicyclic amines) is 1. The van der Waals surface area contributed by atoms with Gasteiger partial charge in [0.05, 0.1) is 13.2 Å². The molecule has 0 aromatic heterocycles. The molecule has 3 fully saturated rings. The molecular weight excluding hydrogens is 402 g/mol. The van der Waals surface area contributed by atoms with Gasteiger partial charge >= 0.3 is 6.03 Å². The molecule has 3 amide bonds. The Morgan fingerprint density at radius 3 is 2.43 bits per heavy atom. The first kappa shape index (κ1) is 21.4. The van der Waals surface area contributed by atoms with Crippen LogP contribution in [0, 0.1) is 5.92 Å². The van der Waals surface area contributed by atoms with E-state index in [4.69, 9.17) is 16.3 Å². The van der Waals surface area contributed by atoms with E-state index in [0.29, 0.717) is 30.6 Å². The molecule has 2 saturated heterocycles. The van der Waals surface area contributed by atoms with E-state index in [1.54, 1.807) is 0 Å². The monoisotopic (exact) mass is 433 g/mol. The predicted molar refractivity (Wildman–Crippen MR) is 116 cm³/mol. The van der Waals surface area contributed by atoms with Gasteiger partial charge in [0.25, 0.3) is 0 Å². The standard InChI is InChI=1S/C23H32ClN3O3/c24-20-9-5-4-8-19(20)21-16-27(14-15-30-21)23(29)25-18-10-12-26(13-11-18)22(28)17-6-2-1-3-7-17/h4-5,8-9,17-18,21H,1-3,6-7,10-16H2,(H,25,29). The second-order valence-electron chi connectivity index (χ2n) is 8.71. The molecule has 1 aromatic rings. The third-order valence-electron chi connectivity index (χ3n) is 6.69. The van der Waals surface area contributed by atoms with Crippen molar-refractivity contribution in [3.8, 4) is 0 Å². The summed E-state index contributed by atoms with van der Waals surface area (Å²) in [6, 6.07) is 7.70. The highest BCUT2D eigenvalue weighted by atomic mass is 35.5. The first-order valence-corrected chi connectivity index (χ1v) is 11.7. The fraction of sp³-hybridized carbons (Fsp3) is 0.652. The van der Waals surface area contributed by atoms with Crippen LogP contribution in [0.1, 0.15) is 56.6 Å². The molecular formula is C23H32ClN3O3. The minimum atomic E-state index is -0.201. The van der Waals surface area contributed by atoms with E-state index < -0.39 is 0 Å². The van der Waals surface area contributed by atoms with Crippen molar-refractivity contribution in [3.63, 3.8) is 0 Å². The summed E-state index contributed by atoms with van der Waals surface area (Å²) in [7, 11) is 0. The van der Waals surface area contributed by atoms with Gasteiger partial charge in [0.1, 0.15) is 6.10 Å². The first-order chi connectivity index (χ1) is 14.6. The fourth-order valence-corrected chi connectivity index (χ4v) is 5.13. The van der Waals surface area contributed by atoms with Crippen molar-refractivity contribution in [1.29, 1.82) is 0 Å². The van der Waals surface area contributed by atoms with Crippen LogP contribution in [0.25, 0.3) is 0 Å². The van der Waals surface area contributed by atoms with Crippen LogP contribution in [-0.4, -0.2) is 60.6 Å². The number of nitrogens with zero attached hydrogens (tertiary/aromatic N) is 2. The molecule has 1 N–H and O–H groups in total. The van der Waals surface area contributed by atoms with E-state index in [2.05, 4.69) is 5.32 Å². The van der Waals surface area contributed by atoms with Gasteiger partial charge in [0.2, 0.25) is 5.91 Å². The highest BCUT2D eigenvalue weighted by Crippen LogP contribution is 2.29. The minimum absolute atomic E-state index is 0.0487. The lowest BCUT2D eigenvalue weighted by Crippen LogP contribution is -2.53. The molecule has 0 radical (unpaired) electrons. The lowest BCUT2D eigenvalue weighted by Gasteiger charge is -2.37. The molecule has 1 saturated carbocycles. The Morgan fingerprint density at radius 1 is 0.967 bits per heavy atom. The number of piperidine rings is 1. The number of benzene rings is 1. The Kier molecular flexibility index (Phi) is 7.16. The number of morpholine rings is 1. The zero-order valence-electron chi connectivity index (χ0n) is 17.5. The second-order valence-corrected chi connectivity index (χ2v) is 9.12. The third-order valence-corrected chi connectivity index (χ3v) is 7.04. The molecule has 1 unspecified atom stereocenters. The van der Waals surface area contributed by atoms with E-state index >= 15 is 0 Å². The van der Waals surface area contributed by atoms with Gasteiger partial charge in [0, 0.05) is 42.2 Å². The lowest BCUT2D eigenvalue weighted by molar-refractivity contribution is -0.137. The Labute approximate surface area is 183 Å². The van der Waals surface area contributed by atoms with Crippen LogP contribution in [0.15, 0.2) is 24.3 Å². The molecule has 3 aliphatic rings. The smallest absolute Gasteiger partial charge is 0.317 e. The van der Waals surface area contributed by atoms with E-state index in [0.717, 1.165) is 44.3 Å². The Bertz CT molecular complexity index is 745. The number of nitrogens with one attached hydrogen (secondary N) is 1. The summed E-state index contributed by atoms with van der Waals surface area (Å²) in [6.45, 7) is 3.05. The summed E-state index contributed by atoms with van der Waals surface area (Å²) in [6.07, 6.45) is 7.14. The maximum atomic E-state index is 12.8. The van der Waals surface area contributed by atoms with Gasteiger partial charge in [-0.1, -0.05) is 49.1 Å². The van der Waals surface area contributed by atoms with Crippen molar-refractivity contribution in [3.05, 3.63) is 34.9 Å². The second kappa shape index (κ2) is 10.0. The van der Waals surface area contributed by atoms with Crippen LogP contribution >= 0.6 is 11.6 Å². The molecule has 1 aromatic carbocycles. The quantitative estimate of drug-likeness (QED) is 0.783. The molecule has 2 heterocycles. The van der Waals surface area contributed by atoms with E-state index in [1.165, 1.54) is 19.3 Å². The topological polar surface area (TPSA) is 61.9 Å². The number of carbonyl (C=O) groups excluding carboxylic acids is 2. The lowest BCUT2D eigenvalue weighted by atomic mass is 9.87. The maximum Gasteiger partial charge on any atom is 0.317 e. The summed E-state index contributed by atoms with van der Waals surface area (Å²) in [5.74, 6) is 0.551. The molecule has 6 nitrogen and oxygen atoms in total. The number of urea groups is 1. The van der Waals surface area contributed by atoms with Crippen molar-refractivity contribution in [2.45, 2.75) is 57.1 Å². The Balaban J connectivity index is 1.25. The molecule has 7 heteroatoms. The maximum absolute atomic E-state index is 12.8. The van der Waals surface area contributed by atoms with Crippen LogP contribution in [0.2, 0.25) is 5.02 Å². The fourth-order valence-electron chi connectivity index (χ4n) is 4.88. The summed E-state index contributed by atoms with van der Waals surface area (Å²) in [5.41, 5.74) is 0.922. The number of ether oxygens (including phenoxy) is 1. The third kappa shape index (κ3) is 5.09. The zero-order valence-corrected chi connectivity index (χ0v) is 18.3. The van der Waals surface area contributed by atoms with Crippen molar-refractivity contribution in [2.75, 3.05) is 32.8 Å². The first-order valence-electron chi connectivity index (χ1n) is 11.3. The molecule has 2 aliphatic heterocycles. The van der Waals surface area contributed by atoms with Gasteiger partial charge in [-0.15, -0.1) is 0 Å². The number of halogens is 1. The van der Waals surface area contributed by atoms with E-state index in [9.17, 15) is 9.59 Å². The SMILES string of the molecule is O=C(NC1CCN(C(=O)C2CCCCC2)CC1)N1CCOC(c2ccccc2Cl)C1. The summed E-state index contributed by atoms with van der Waals surface area (Å²) >= 11 is 6.30. The van der Waals surface area contributed by atoms with Crippen LogP contribution in [0.3, 0.4) is 0 Å². The minimum Gasteiger partial charge on any atom is -0.370 e. The van der Waals surface area contributed by atoms with Gasteiger partial charge in [-0.2, -0.15) is 0 Å². The van der Waals surface area contributed by atoms with Crippen LogP contribution in [-0.2, 0) is 9.53 Å². The molecule has 1 atom stereocenters. The average molecular weight is 434 g/mol. The number of carbonyl (C=O) groups is 2. The van der Waals surface area contributed by atoms with Crippen LogP contribution < -0.4 is 5.32 Å². The van der Waals surface area contributed by atoms with Crippen molar-refractivity contribution < 1.29 is 14.3 Å². The number of rotatable bonds is 3. The largest absolute Gasteiger partial charge is 0.370 e. The van der Waals surface area contributed by atoms with Gasteiger partial charge < -0.3 is 19.9 Å². The Hall–Kier alpha value is -1.79. The molecule has 4 rings (SSSR count). The number of hydrogen-bond donors (Lipinski definition) is 1. The predicted octanol–water partition coefficient (Wildman–Crippen LogP) is 3.99. The summed E-state index contributed by atoms with van der Waals surface area (Å²) < 4.78 is 5.86. The van der Waals surface area contributed by atoms with Crippen LogP contribution in [0.4, 0.5) is 4.79 Å². The van der Waals surface area contributed by atoms with Gasteiger partial charge in [-0.3, -0.25) is 4.79 Å². The van der Waals surface area contributed by atoms with Crippen molar-refractivity contribution >= 4 is 23.5 Å². The number of amides is 3. The zero-order chi connectivity index (χ0) is 20.9. The van der Waals surface area contributed by atoms with Crippen LogP contribution in [0.5, 0.6) is 0 Å². The van der Waals surface area contributed by atoms with Gasteiger partial charge in [0.15, 0.2) is 0 Å². The molecule has 30 heavy (non-hydrogen) atoms. The highest BCUT2D eigenvalue weighted by Gasteiger charge is 2.31. The molecule has 1 aliphatic carbocycles. The van der Waals surface area contributed by atoms with E-state index in [-0.39, 0.29) is 24.1 Å². The summed E-state index contributed by atoms with van der Waals surface area (Å²) in [5, 5.41) is 3.84. The average Bonchev–Trinajstić information content (AvgIpc) is 2.80.